The number of carbonyl (C=O) groups is 2. The molecule has 24 heavy (non-hydrogen) atoms. The molecule has 2 aromatic rings. The Kier molecular flexibility index (Phi) is 4.09. The summed E-state index contributed by atoms with van der Waals surface area (Å²) in [7, 11) is 0. The van der Waals surface area contributed by atoms with E-state index in [1.807, 2.05) is 38.1 Å². The lowest BCUT2D eigenvalue weighted by Crippen LogP contribution is -2.43. The van der Waals surface area contributed by atoms with Gasteiger partial charge in [0.1, 0.15) is 11.4 Å². The van der Waals surface area contributed by atoms with Crippen molar-refractivity contribution < 1.29 is 14.0 Å². The number of rotatable bonds is 4. The van der Waals surface area contributed by atoms with Crippen molar-refractivity contribution >= 4 is 11.9 Å². The second kappa shape index (κ2) is 6.07. The third kappa shape index (κ3) is 2.66. The van der Waals surface area contributed by atoms with Crippen LogP contribution in [0, 0.1) is 12.7 Å². The summed E-state index contributed by atoms with van der Waals surface area (Å²) in [5.41, 5.74) is 1.46. The van der Waals surface area contributed by atoms with Gasteiger partial charge in [-0.2, -0.15) is 0 Å². The monoisotopic (exact) mass is 326 g/mol. The second-order valence-electron chi connectivity index (χ2n) is 6.07. The molecule has 1 aliphatic rings. The predicted octanol–water partition coefficient (Wildman–Crippen LogP) is 3.49. The molecule has 0 spiro atoms. The number of hydrogen-bond donors (Lipinski definition) is 1. The first-order valence-corrected chi connectivity index (χ1v) is 7.92. The number of nitrogens with one attached hydrogen (secondary N) is 1. The number of halogens is 1. The van der Waals surface area contributed by atoms with E-state index in [0.717, 1.165) is 11.1 Å². The predicted molar refractivity (Wildman–Crippen MR) is 88.6 cm³/mol. The van der Waals surface area contributed by atoms with Gasteiger partial charge in [-0.1, -0.05) is 48.9 Å². The van der Waals surface area contributed by atoms with Crippen molar-refractivity contribution in [3.63, 3.8) is 0 Å². The Morgan fingerprint density at radius 3 is 2.25 bits per heavy atom. The van der Waals surface area contributed by atoms with Gasteiger partial charge in [0.25, 0.3) is 5.91 Å². The molecule has 1 aliphatic heterocycles. The molecule has 0 aliphatic carbocycles. The fourth-order valence-electron chi connectivity index (χ4n) is 3.02. The van der Waals surface area contributed by atoms with Gasteiger partial charge in [-0.15, -0.1) is 0 Å². The molecule has 2 aromatic carbocycles. The van der Waals surface area contributed by atoms with Crippen molar-refractivity contribution in [2.75, 3.05) is 0 Å². The maximum atomic E-state index is 13.2. The van der Waals surface area contributed by atoms with Crippen LogP contribution >= 0.6 is 0 Å². The number of amides is 3. The summed E-state index contributed by atoms with van der Waals surface area (Å²) >= 11 is 0. The highest BCUT2D eigenvalue weighted by Crippen LogP contribution is 2.33. The Morgan fingerprint density at radius 1 is 1.04 bits per heavy atom. The van der Waals surface area contributed by atoms with E-state index in [9.17, 15) is 14.0 Å². The summed E-state index contributed by atoms with van der Waals surface area (Å²) < 4.78 is 13.2. The smallest absolute Gasteiger partial charge is 0.319 e. The molecule has 4 nitrogen and oxygen atoms in total. The van der Waals surface area contributed by atoms with Crippen molar-refractivity contribution in [1.82, 2.24) is 10.2 Å². The standard InChI is InChI=1S/C19H19FN2O2/c1-3-19(15-8-10-16(20)11-9-15)17(23)22(18(24)21-19)12-14-6-4-13(2)5-7-14/h4-11H,3,12H2,1-2H3,(H,21,24)/t19-/m1/s1. The number of aryl methyl sites for hydroxylation is 1. The van der Waals surface area contributed by atoms with Crippen molar-refractivity contribution in [2.24, 2.45) is 0 Å². The van der Waals surface area contributed by atoms with Gasteiger partial charge >= 0.3 is 6.03 Å². The van der Waals surface area contributed by atoms with Gasteiger partial charge in [0.05, 0.1) is 6.54 Å². The van der Waals surface area contributed by atoms with E-state index in [-0.39, 0.29) is 18.3 Å². The van der Waals surface area contributed by atoms with Crippen LogP contribution in [0.1, 0.15) is 30.0 Å². The third-order valence-corrected chi connectivity index (χ3v) is 4.50. The summed E-state index contributed by atoms with van der Waals surface area (Å²) in [5, 5.41) is 2.80. The maximum absolute atomic E-state index is 13.2. The largest absolute Gasteiger partial charge is 0.325 e. The Morgan fingerprint density at radius 2 is 1.67 bits per heavy atom. The van der Waals surface area contributed by atoms with Gasteiger partial charge in [-0.05, 0) is 36.6 Å². The lowest BCUT2D eigenvalue weighted by atomic mass is 9.87. The number of hydrogen-bond acceptors (Lipinski definition) is 2. The van der Waals surface area contributed by atoms with Gasteiger partial charge in [-0.25, -0.2) is 9.18 Å². The molecule has 0 unspecified atom stereocenters. The molecular weight excluding hydrogens is 307 g/mol. The van der Waals surface area contributed by atoms with Crippen LogP contribution in [0.5, 0.6) is 0 Å². The summed E-state index contributed by atoms with van der Waals surface area (Å²) in [5.74, 6) is -0.680. The molecule has 1 N–H and O–H groups in total. The first-order valence-electron chi connectivity index (χ1n) is 7.92. The molecule has 1 heterocycles. The van der Waals surface area contributed by atoms with Crippen LogP contribution in [0.3, 0.4) is 0 Å². The molecule has 124 valence electrons. The lowest BCUT2D eigenvalue weighted by Gasteiger charge is -2.25. The van der Waals surface area contributed by atoms with Crippen molar-refractivity contribution in [3.8, 4) is 0 Å². The molecule has 0 radical (unpaired) electrons. The second-order valence-corrected chi connectivity index (χ2v) is 6.07. The summed E-state index contributed by atoms with van der Waals surface area (Å²) in [6.45, 7) is 4.03. The minimum Gasteiger partial charge on any atom is -0.319 e. The highest BCUT2D eigenvalue weighted by Gasteiger charge is 2.51. The van der Waals surface area contributed by atoms with Crippen LogP contribution in [0.4, 0.5) is 9.18 Å². The molecule has 1 fully saturated rings. The molecule has 0 saturated carbocycles. The van der Waals surface area contributed by atoms with Crippen LogP contribution < -0.4 is 5.32 Å². The van der Waals surface area contributed by atoms with Crippen LogP contribution in [-0.4, -0.2) is 16.8 Å². The SMILES string of the molecule is CC[C@]1(c2ccc(F)cc2)NC(=O)N(Cc2ccc(C)cc2)C1=O. The zero-order valence-electron chi connectivity index (χ0n) is 13.7. The molecule has 0 bridgehead atoms. The first-order chi connectivity index (χ1) is 11.5. The molecule has 1 saturated heterocycles. The molecule has 5 heteroatoms. The van der Waals surface area contributed by atoms with Crippen LogP contribution in [0.15, 0.2) is 48.5 Å². The lowest BCUT2D eigenvalue weighted by molar-refractivity contribution is -0.132. The van der Waals surface area contributed by atoms with Crippen LogP contribution in [0.2, 0.25) is 0 Å². The molecular formula is C19H19FN2O2. The van der Waals surface area contributed by atoms with Crippen LogP contribution in [-0.2, 0) is 16.9 Å². The minimum atomic E-state index is -1.13. The van der Waals surface area contributed by atoms with Gasteiger partial charge < -0.3 is 5.32 Å². The highest BCUT2D eigenvalue weighted by molar-refractivity contribution is 6.07. The molecule has 3 rings (SSSR count). The number of nitrogens with zero attached hydrogens (tertiary/aromatic N) is 1. The Hall–Kier alpha value is -2.69. The van der Waals surface area contributed by atoms with E-state index in [1.165, 1.54) is 17.0 Å². The maximum Gasteiger partial charge on any atom is 0.325 e. The van der Waals surface area contributed by atoms with Gasteiger partial charge in [0.2, 0.25) is 0 Å². The zero-order valence-corrected chi connectivity index (χ0v) is 13.7. The fraction of sp³-hybridized carbons (Fsp3) is 0.263. The summed E-state index contributed by atoms with van der Waals surface area (Å²) in [6, 6.07) is 13.0. The van der Waals surface area contributed by atoms with E-state index in [2.05, 4.69) is 5.32 Å². The highest BCUT2D eigenvalue weighted by atomic mass is 19.1. The van der Waals surface area contributed by atoms with E-state index in [4.69, 9.17) is 0 Å². The Balaban J connectivity index is 1.91. The van der Waals surface area contributed by atoms with E-state index >= 15 is 0 Å². The Labute approximate surface area is 140 Å². The quantitative estimate of drug-likeness (QED) is 0.874. The van der Waals surface area contributed by atoms with Gasteiger partial charge in [0.15, 0.2) is 0 Å². The first kappa shape index (κ1) is 16.2. The Bertz CT molecular complexity index is 771. The molecule has 1 atom stereocenters. The van der Waals surface area contributed by atoms with Crippen molar-refractivity contribution in [3.05, 3.63) is 71.0 Å². The van der Waals surface area contributed by atoms with Crippen molar-refractivity contribution in [1.29, 1.82) is 0 Å². The van der Waals surface area contributed by atoms with Crippen LogP contribution in [0.25, 0.3) is 0 Å². The van der Waals surface area contributed by atoms with Gasteiger partial charge in [-0.3, -0.25) is 9.69 Å². The number of imide groups is 1. The van der Waals surface area contributed by atoms with E-state index < -0.39 is 11.6 Å². The average molecular weight is 326 g/mol. The van der Waals surface area contributed by atoms with Crippen molar-refractivity contribution in [2.45, 2.75) is 32.4 Å². The number of benzene rings is 2. The molecule has 0 aromatic heterocycles. The number of urea groups is 1. The van der Waals surface area contributed by atoms with E-state index in [0.29, 0.717) is 12.0 Å². The fourth-order valence-corrected chi connectivity index (χ4v) is 3.02. The van der Waals surface area contributed by atoms with E-state index in [1.54, 1.807) is 12.1 Å². The topological polar surface area (TPSA) is 49.4 Å². The van der Waals surface area contributed by atoms with Gasteiger partial charge in [0, 0.05) is 0 Å². The normalized spacial score (nSPS) is 20.4. The zero-order chi connectivity index (χ0) is 17.3. The summed E-state index contributed by atoms with van der Waals surface area (Å²) in [6.07, 6.45) is 0.396. The third-order valence-electron chi connectivity index (χ3n) is 4.50. The molecule has 3 amide bonds. The number of carbonyl (C=O) groups excluding carboxylic acids is 2. The minimum absolute atomic E-state index is 0.216. The average Bonchev–Trinajstić information content (AvgIpc) is 2.82. The summed E-state index contributed by atoms with van der Waals surface area (Å²) in [4.78, 5) is 26.6.